The lowest BCUT2D eigenvalue weighted by atomic mass is 10.1. The van der Waals surface area contributed by atoms with E-state index in [1.807, 2.05) is 24.3 Å². The first-order chi connectivity index (χ1) is 14.7. The van der Waals surface area contributed by atoms with E-state index in [-0.39, 0.29) is 19.1 Å². The smallest absolute Gasteiger partial charge is 0.263 e. The normalized spacial score (nSPS) is 15.2. The molecule has 0 aliphatic carbocycles. The molecule has 164 valence electrons. The number of carbonyl (C=O) groups is 1. The summed E-state index contributed by atoms with van der Waals surface area (Å²) < 4.78 is 37.7. The van der Waals surface area contributed by atoms with Crippen LogP contribution >= 0.6 is 39.9 Å². The van der Waals surface area contributed by atoms with Crippen molar-refractivity contribution in [3.8, 4) is 11.5 Å². The van der Waals surface area contributed by atoms with Gasteiger partial charge in [0.25, 0.3) is 5.91 Å². The third-order valence-corrected chi connectivity index (χ3v) is 6.65. The highest BCUT2D eigenvalue weighted by Crippen LogP contribution is 2.32. The number of sulfonamides is 1. The fourth-order valence-electron chi connectivity index (χ4n) is 2.58. The summed E-state index contributed by atoms with van der Waals surface area (Å²) in [5.41, 5.74) is 1.65. The van der Waals surface area contributed by atoms with Gasteiger partial charge in [0.15, 0.2) is 0 Å². The number of thioether (sulfide) groups is 1. The molecule has 1 saturated heterocycles. The lowest BCUT2D eigenvalue weighted by Crippen LogP contribution is -2.26. The van der Waals surface area contributed by atoms with Crippen molar-refractivity contribution < 1.29 is 22.7 Å². The second kappa shape index (κ2) is 10.6. The van der Waals surface area contributed by atoms with E-state index in [1.54, 1.807) is 24.3 Å². The molecule has 31 heavy (non-hydrogen) atoms. The van der Waals surface area contributed by atoms with Crippen LogP contribution in [0.5, 0.6) is 11.5 Å². The van der Waals surface area contributed by atoms with Crippen LogP contribution in [0.2, 0.25) is 0 Å². The van der Waals surface area contributed by atoms with Crippen LogP contribution in [0.25, 0.3) is 6.08 Å². The van der Waals surface area contributed by atoms with Crippen molar-refractivity contribution in [1.29, 1.82) is 0 Å². The monoisotopic (exact) mass is 542 g/mol. The van der Waals surface area contributed by atoms with Crippen molar-refractivity contribution >= 4 is 66.2 Å². The van der Waals surface area contributed by atoms with Gasteiger partial charge in [-0.25, -0.2) is 13.1 Å². The minimum atomic E-state index is -3.28. The summed E-state index contributed by atoms with van der Waals surface area (Å²) in [7, 11) is -3.28. The molecule has 7 nitrogen and oxygen atoms in total. The number of carbonyl (C=O) groups excluding carboxylic acids is 1. The zero-order valence-corrected chi connectivity index (χ0v) is 20.4. The summed E-state index contributed by atoms with van der Waals surface area (Å²) in [6.45, 7) is 0.601. The second-order valence-electron chi connectivity index (χ2n) is 6.45. The Morgan fingerprint density at radius 2 is 2.00 bits per heavy atom. The Kier molecular flexibility index (Phi) is 8.11. The molecular formula is C20H19BrN2O5S3. The Hall–Kier alpha value is -1.92. The maximum atomic E-state index is 12.0. The van der Waals surface area contributed by atoms with E-state index >= 15 is 0 Å². The molecule has 0 radical (unpaired) electrons. The van der Waals surface area contributed by atoms with Crippen molar-refractivity contribution in [3.05, 3.63) is 63.0 Å². The molecule has 0 aromatic heterocycles. The molecule has 0 bridgehead atoms. The van der Waals surface area contributed by atoms with Gasteiger partial charge >= 0.3 is 0 Å². The number of halogens is 1. The van der Waals surface area contributed by atoms with Crippen LogP contribution < -0.4 is 19.5 Å². The van der Waals surface area contributed by atoms with E-state index in [4.69, 9.17) is 21.7 Å². The van der Waals surface area contributed by atoms with Gasteiger partial charge in [0.1, 0.15) is 29.0 Å². The Morgan fingerprint density at radius 1 is 1.23 bits per heavy atom. The summed E-state index contributed by atoms with van der Waals surface area (Å²) in [4.78, 5) is 12.5. The van der Waals surface area contributed by atoms with Gasteiger partial charge in [0.05, 0.1) is 11.2 Å². The number of nitrogens with one attached hydrogen (secondary N) is 2. The maximum absolute atomic E-state index is 12.0. The largest absolute Gasteiger partial charge is 0.492 e. The molecule has 1 aliphatic rings. The van der Waals surface area contributed by atoms with Gasteiger partial charge in [0, 0.05) is 28.2 Å². The van der Waals surface area contributed by atoms with Gasteiger partial charge in [-0.1, -0.05) is 58.1 Å². The second-order valence-corrected chi connectivity index (χ2v) is 10.9. The zero-order valence-electron chi connectivity index (χ0n) is 16.4. The molecule has 1 fully saturated rings. The first-order valence-electron chi connectivity index (χ1n) is 9.04. The van der Waals surface area contributed by atoms with Crippen LogP contribution in [0.15, 0.2) is 51.8 Å². The average Bonchev–Trinajstić information content (AvgIpc) is 3.02. The van der Waals surface area contributed by atoms with Gasteiger partial charge in [-0.05, 0) is 24.3 Å². The van der Waals surface area contributed by atoms with E-state index in [2.05, 4.69) is 26.0 Å². The van der Waals surface area contributed by atoms with Crippen molar-refractivity contribution in [2.24, 2.45) is 0 Å². The number of amides is 1. The van der Waals surface area contributed by atoms with Crippen LogP contribution in [-0.4, -0.2) is 38.1 Å². The third kappa shape index (κ3) is 7.32. The SMILES string of the molecule is CS(=O)(=O)NCCOc1ccc(C=C2SC(=S)NC2=O)c(OCc2ccccc2Br)c1. The average molecular weight is 543 g/mol. The molecular weight excluding hydrogens is 524 g/mol. The van der Waals surface area contributed by atoms with Crippen LogP contribution in [0.1, 0.15) is 11.1 Å². The molecule has 1 aliphatic heterocycles. The molecule has 1 heterocycles. The topological polar surface area (TPSA) is 93.7 Å². The van der Waals surface area contributed by atoms with Crippen molar-refractivity contribution in [3.63, 3.8) is 0 Å². The van der Waals surface area contributed by atoms with Gasteiger partial charge in [0.2, 0.25) is 10.0 Å². The fourth-order valence-corrected chi connectivity index (χ4v) is 4.47. The maximum Gasteiger partial charge on any atom is 0.263 e. The van der Waals surface area contributed by atoms with Crippen LogP contribution in [0.4, 0.5) is 0 Å². The van der Waals surface area contributed by atoms with Crippen LogP contribution in [-0.2, 0) is 21.4 Å². The lowest BCUT2D eigenvalue weighted by molar-refractivity contribution is -0.115. The number of rotatable bonds is 9. The van der Waals surface area contributed by atoms with Gasteiger partial charge in [-0.2, -0.15) is 0 Å². The Bertz CT molecular complexity index is 1140. The van der Waals surface area contributed by atoms with Crippen LogP contribution in [0.3, 0.4) is 0 Å². The third-order valence-electron chi connectivity index (χ3n) is 3.99. The first-order valence-corrected chi connectivity index (χ1v) is 12.9. The van der Waals surface area contributed by atoms with E-state index in [0.717, 1.165) is 16.3 Å². The molecule has 2 aromatic rings. The zero-order chi connectivity index (χ0) is 22.4. The number of benzene rings is 2. The Morgan fingerprint density at radius 3 is 2.68 bits per heavy atom. The molecule has 2 N–H and O–H groups in total. The van der Waals surface area contributed by atoms with Gasteiger partial charge in [-0.3, -0.25) is 4.79 Å². The van der Waals surface area contributed by atoms with E-state index in [1.165, 1.54) is 11.8 Å². The predicted molar refractivity (Wildman–Crippen MR) is 130 cm³/mol. The summed E-state index contributed by atoms with van der Waals surface area (Å²) in [6.07, 6.45) is 2.80. The minimum Gasteiger partial charge on any atom is -0.492 e. The van der Waals surface area contributed by atoms with Gasteiger partial charge in [-0.15, -0.1) is 0 Å². The Labute approximate surface area is 198 Å². The molecule has 2 aromatic carbocycles. The van der Waals surface area contributed by atoms with Crippen molar-refractivity contribution in [2.45, 2.75) is 6.61 Å². The molecule has 0 unspecified atom stereocenters. The summed E-state index contributed by atoms with van der Waals surface area (Å²) in [5.74, 6) is 0.778. The molecule has 0 spiro atoms. The van der Waals surface area contributed by atoms with Crippen molar-refractivity contribution in [2.75, 3.05) is 19.4 Å². The van der Waals surface area contributed by atoms with E-state index < -0.39 is 10.0 Å². The summed E-state index contributed by atoms with van der Waals surface area (Å²) in [5, 5.41) is 2.59. The molecule has 3 rings (SSSR count). The van der Waals surface area contributed by atoms with Crippen molar-refractivity contribution in [1.82, 2.24) is 10.0 Å². The molecule has 0 saturated carbocycles. The quantitative estimate of drug-likeness (QED) is 0.284. The lowest BCUT2D eigenvalue weighted by Gasteiger charge is -2.13. The first kappa shape index (κ1) is 23.7. The Balaban J connectivity index is 1.80. The van der Waals surface area contributed by atoms with E-state index in [9.17, 15) is 13.2 Å². The standard InChI is InChI=1S/C20H19BrN2O5S3/c1-31(25,26)22-8-9-27-15-7-6-13(10-18-19(24)23-20(29)30-18)17(11-15)28-12-14-4-2-3-5-16(14)21/h2-7,10-11,22H,8-9,12H2,1H3,(H,23,24,29). The highest BCUT2D eigenvalue weighted by Gasteiger charge is 2.22. The number of hydrogen-bond acceptors (Lipinski definition) is 7. The highest BCUT2D eigenvalue weighted by molar-refractivity contribution is 9.10. The highest BCUT2D eigenvalue weighted by atomic mass is 79.9. The number of hydrogen-bond donors (Lipinski definition) is 2. The minimum absolute atomic E-state index is 0.145. The van der Waals surface area contributed by atoms with E-state index in [0.29, 0.717) is 32.9 Å². The predicted octanol–water partition coefficient (Wildman–Crippen LogP) is 3.44. The molecule has 1 amide bonds. The van der Waals surface area contributed by atoms with Crippen LogP contribution in [0, 0.1) is 0 Å². The molecule has 11 heteroatoms. The number of ether oxygens (including phenoxy) is 2. The number of thiocarbonyl (C=S) groups is 1. The van der Waals surface area contributed by atoms with Gasteiger partial charge < -0.3 is 14.8 Å². The summed E-state index contributed by atoms with van der Waals surface area (Å²) in [6, 6.07) is 12.9. The molecule has 0 atom stereocenters. The fraction of sp³-hybridized carbons (Fsp3) is 0.200. The summed E-state index contributed by atoms with van der Waals surface area (Å²) >= 11 is 9.74.